The lowest BCUT2D eigenvalue weighted by molar-refractivity contribution is 0.0701. The first-order valence-electron chi connectivity index (χ1n) is 12.1. The minimum atomic E-state index is -0.995. The van der Waals surface area contributed by atoms with Crippen molar-refractivity contribution in [3.05, 3.63) is 46.0 Å². The first kappa shape index (κ1) is 24.6. The van der Waals surface area contributed by atoms with Crippen LogP contribution in [0.4, 0.5) is 22.7 Å². The number of aryl methyl sites for hydroxylation is 1. The van der Waals surface area contributed by atoms with Crippen molar-refractivity contribution in [3.8, 4) is 11.4 Å². The highest BCUT2D eigenvalue weighted by Crippen LogP contribution is 2.35. The van der Waals surface area contributed by atoms with Gasteiger partial charge in [-0.2, -0.15) is 15.2 Å². The Bertz CT molecular complexity index is 1390. The molecular formula is C24H28N10O2S. The van der Waals surface area contributed by atoms with Crippen LogP contribution in [-0.4, -0.2) is 59.7 Å². The van der Waals surface area contributed by atoms with E-state index in [4.69, 9.17) is 9.97 Å². The summed E-state index contributed by atoms with van der Waals surface area (Å²) in [5, 5.41) is 30.6. The molecule has 0 amide bonds. The fourth-order valence-electron chi connectivity index (χ4n) is 4.16. The van der Waals surface area contributed by atoms with Gasteiger partial charge in [0.15, 0.2) is 5.13 Å². The van der Waals surface area contributed by atoms with E-state index >= 15 is 0 Å². The van der Waals surface area contributed by atoms with Gasteiger partial charge >= 0.3 is 5.97 Å². The number of anilines is 4. The molecular weight excluding hydrogens is 492 g/mol. The van der Waals surface area contributed by atoms with Crippen molar-refractivity contribution in [2.45, 2.75) is 40.2 Å². The number of nitrogens with zero attached hydrogens (tertiary/aromatic N) is 7. The number of carboxylic acids is 1. The minimum Gasteiger partial charge on any atom is -0.477 e. The molecule has 12 nitrogen and oxygen atoms in total. The third kappa shape index (κ3) is 5.50. The molecule has 0 saturated heterocycles. The molecule has 4 heterocycles. The lowest BCUT2D eigenvalue weighted by atomic mass is 10.1. The summed E-state index contributed by atoms with van der Waals surface area (Å²) >= 11 is 1.07. The van der Waals surface area contributed by atoms with Gasteiger partial charge in [-0.3, -0.25) is 5.32 Å². The van der Waals surface area contributed by atoms with Crippen LogP contribution in [0.1, 0.15) is 46.8 Å². The van der Waals surface area contributed by atoms with Crippen molar-refractivity contribution < 1.29 is 9.90 Å². The number of H-pyrrole nitrogens is 1. The number of benzene rings is 1. The second-order valence-electron chi connectivity index (χ2n) is 9.27. The molecule has 1 aromatic carbocycles. The molecule has 0 bridgehead atoms. The zero-order valence-corrected chi connectivity index (χ0v) is 21.6. The van der Waals surface area contributed by atoms with Crippen molar-refractivity contribution >= 4 is 40.0 Å². The van der Waals surface area contributed by atoms with Gasteiger partial charge in [0.2, 0.25) is 11.8 Å². The summed E-state index contributed by atoms with van der Waals surface area (Å²) in [6.45, 7) is 8.36. The Labute approximate surface area is 217 Å². The lowest BCUT2D eigenvalue weighted by Gasteiger charge is -2.20. The molecule has 0 fully saturated rings. The SMILES string of the molecule is Cc1nc(Nc2nc(NCCC(C)C)c3c(n2)N(Cc2ccc(-c4nn[nH]n4)cc2)CC3)sc1C(=O)O. The predicted octanol–water partition coefficient (Wildman–Crippen LogP) is 3.88. The zero-order valence-electron chi connectivity index (χ0n) is 20.8. The Hall–Kier alpha value is -4.13. The molecule has 1 aliphatic heterocycles. The maximum Gasteiger partial charge on any atom is 0.347 e. The number of carboxylic acid groups (broad SMARTS) is 1. The summed E-state index contributed by atoms with van der Waals surface area (Å²) in [7, 11) is 0. The van der Waals surface area contributed by atoms with Crippen molar-refractivity contribution in [2.75, 3.05) is 28.6 Å². The minimum absolute atomic E-state index is 0.199. The molecule has 4 N–H and O–H groups in total. The van der Waals surface area contributed by atoms with Gasteiger partial charge in [0, 0.05) is 30.8 Å². The molecule has 13 heteroatoms. The smallest absolute Gasteiger partial charge is 0.347 e. The van der Waals surface area contributed by atoms with Gasteiger partial charge < -0.3 is 15.3 Å². The number of aromatic nitrogens is 7. The summed E-state index contributed by atoms with van der Waals surface area (Å²) in [6.07, 6.45) is 1.85. The molecule has 37 heavy (non-hydrogen) atoms. The Kier molecular flexibility index (Phi) is 6.95. The summed E-state index contributed by atoms with van der Waals surface area (Å²) in [4.78, 5) is 27.8. The molecule has 0 saturated carbocycles. The standard InChI is InChI=1S/C24H28N10O2S/c1-13(2)8-10-25-20-17-9-11-34(12-15-4-6-16(7-5-15)19-30-32-33-31-19)21(17)28-23(27-20)29-24-26-14(3)18(37-24)22(35)36/h4-7,13H,8-12H2,1-3H3,(H,35,36)(H,30,31,32,33)(H2,25,26,27,28,29). The third-order valence-corrected chi connectivity index (χ3v) is 7.13. The number of aromatic amines is 1. The van der Waals surface area contributed by atoms with Crippen molar-refractivity contribution in [3.63, 3.8) is 0 Å². The first-order valence-corrected chi connectivity index (χ1v) is 12.9. The topological polar surface area (TPSA) is 158 Å². The maximum absolute atomic E-state index is 11.5. The van der Waals surface area contributed by atoms with Crippen LogP contribution in [0.5, 0.6) is 0 Å². The van der Waals surface area contributed by atoms with Gasteiger partial charge in [-0.05, 0) is 36.5 Å². The monoisotopic (exact) mass is 520 g/mol. The van der Waals surface area contributed by atoms with Crippen LogP contribution in [0, 0.1) is 12.8 Å². The van der Waals surface area contributed by atoms with E-state index in [1.54, 1.807) is 6.92 Å². The van der Waals surface area contributed by atoms with E-state index in [9.17, 15) is 9.90 Å². The predicted molar refractivity (Wildman–Crippen MR) is 141 cm³/mol. The molecule has 0 unspecified atom stereocenters. The fraction of sp³-hybridized carbons (Fsp3) is 0.375. The number of thiazole rings is 1. The molecule has 0 atom stereocenters. The van der Waals surface area contributed by atoms with Gasteiger partial charge in [-0.1, -0.05) is 49.4 Å². The highest BCUT2D eigenvalue weighted by Gasteiger charge is 2.26. The normalized spacial score (nSPS) is 12.7. The van der Waals surface area contributed by atoms with Gasteiger partial charge in [-0.25, -0.2) is 9.78 Å². The van der Waals surface area contributed by atoms with E-state index in [0.29, 0.717) is 35.1 Å². The van der Waals surface area contributed by atoms with Crippen LogP contribution in [0.25, 0.3) is 11.4 Å². The number of hydrogen-bond acceptors (Lipinski definition) is 11. The summed E-state index contributed by atoms with van der Waals surface area (Å²) < 4.78 is 0. The molecule has 0 radical (unpaired) electrons. The maximum atomic E-state index is 11.5. The van der Waals surface area contributed by atoms with E-state index in [-0.39, 0.29) is 4.88 Å². The van der Waals surface area contributed by atoms with Crippen molar-refractivity contribution in [1.82, 2.24) is 35.6 Å². The average Bonchev–Trinajstić information content (AvgIpc) is 3.61. The largest absolute Gasteiger partial charge is 0.477 e. The lowest BCUT2D eigenvalue weighted by Crippen LogP contribution is -2.21. The Morgan fingerprint density at radius 3 is 2.70 bits per heavy atom. The van der Waals surface area contributed by atoms with E-state index in [0.717, 1.165) is 65.6 Å². The van der Waals surface area contributed by atoms with Gasteiger partial charge in [0.25, 0.3) is 0 Å². The van der Waals surface area contributed by atoms with E-state index < -0.39 is 5.97 Å². The van der Waals surface area contributed by atoms with E-state index in [1.165, 1.54) is 0 Å². The highest BCUT2D eigenvalue weighted by atomic mass is 32.1. The summed E-state index contributed by atoms with van der Waals surface area (Å²) in [5.41, 5.74) is 3.56. The van der Waals surface area contributed by atoms with Crippen LogP contribution >= 0.6 is 11.3 Å². The number of fused-ring (bicyclic) bond motifs is 1. The van der Waals surface area contributed by atoms with Crippen LogP contribution in [0.15, 0.2) is 24.3 Å². The fourth-order valence-corrected chi connectivity index (χ4v) is 4.96. The van der Waals surface area contributed by atoms with Crippen LogP contribution in [-0.2, 0) is 13.0 Å². The van der Waals surface area contributed by atoms with Gasteiger partial charge in [0.05, 0.1) is 5.69 Å². The number of rotatable bonds is 10. The molecule has 3 aromatic heterocycles. The quantitative estimate of drug-likeness (QED) is 0.240. The molecule has 4 aromatic rings. The number of aromatic carboxylic acids is 1. The Morgan fingerprint density at radius 2 is 2.03 bits per heavy atom. The second-order valence-corrected chi connectivity index (χ2v) is 10.3. The first-order chi connectivity index (χ1) is 17.9. The van der Waals surface area contributed by atoms with Crippen LogP contribution < -0.4 is 15.5 Å². The van der Waals surface area contributed by atoms with Gasteiger partial charge in [-0.15, -0.1) is 10.2 Å². The third-order valence-electron chi connectivity index (χ3n) is 6.07. The molecule has 0 spiro atoms. The Morgan fingerprint density at radius 1 is 1.22 bits per heavy atom. The number of nitrogens with one attached hydrogen (secondary N) is 3. The summed E-state index contributed by atoms with van der Waals surface area (Å²) in [6, 6.07) is 8.07. The van der Waals surface area contributed by atoms with Crippen molar-refractivity contribution in [1.29, 1.82) is 0 Å². The number of hydrogen-bond donors (Lipinski definition) is 4. The molecule has 5 rings (SSSR count). The summed E-state index contributed by atoms with van der Waals surface area (Å²) in [5.74, 6) is 2.18. The highest BCUT2D eigenvalue weighted by molar-refractivity contribution is 7.17. The number of tetrazole rings is 1. The Balaban J connectivity index is 1.40. The second kappa shape index (κ2) is 10.5. The van der Waals surface area contributed by atoms with E-state index in [2.05, 4.69) is 67.1 Å². The van der Waals surface area contributed by atoms with Crippen molar-refractivity contribution in [2.24, 2.45) is 5.92 Å². The molecule has 192 valence electrons. The molecule has 0 aliphatic carbocycles. The van der Waals surface area contributed by atoms with E-state index in [1.807, 2.05) is 12.1 Å². The average molecular weight is 521 g/mol. The van der Waals surface area contributed by atoms with Crippen LogP contribution in [0.2, 0.25) is 0 Å². The molecule has 1 aliphatic rings. The van der Waals surface area contributed by atoms with Gasteiger partial charge in [0.1, 0.15) is 16.5 Å². The van der Waals surface area contributed by atoms with Crippen LogP contribution in [0.3, 0.4) is 0 Å². The number of carbonyl (C=O) groups is 1. The zero-order chi connectivity index (χ0) is 25.9.